The van der Waals surface area contributed by atoms with Gasteiger partial charge in [0, 0.05) is 11.1 Å². The summed E-state index contributed by atoms with van der Waals surface area (Å²) in [6.45, 7) is 0. The van der Waals surface area contributed by atoms with E-state index >= 15 is 0 Å². The highest BCUT2D eigenvalue weighted by Gasteiger charge is 2.18. The molecule has 0 aliphatic heterocycles. The lowest BCUT2D eigenvalue weighted by Crippen LogP contribution is -2.07. The molecule has 0 saturated carbocycles. The molecule has 0 aromatic heterocycles. The summed E-state index contributed by atoms with van der Waals surface area (Å²) in [6.07, 6.45) is 3.51. The van der Waals surface area contributed by atoms with Gasteiger partial charge in [-0.25, -0.2) is 0 Å². The van der Waals surface area contributed by atoms with Crippen LogP contribution in [0.5, 0.6) is 5.75 Å². The van der Waals surface area contributed by atoms with Crippen molar-refractivity contribution >= 4 is 16.9 Å². The third kappa shape index (κ3) is 2.60. The van der Waals surface area contributed by atoms with Crippen molar-refractivity contribution in [2.45, 2.75) is 0 Å². The molecule has 0 spiro atoms. The Labute approximate surface area is 134 Å². The van der Waals surface area contributed by atoms with Crippen molar-refractivity contribution in [3.8, 4) is 11.8 Å². The Balaban J connectivity index is 2.20. The third-order valence-electron chi connectivity index (χ3n) is 3.77. The fourth-order valence-electron chi connectivity index (χ4n) is 2.63. The highest BCUT2D eigenvalue weighted by atomic mass is 16.5. The minimum atomic E-state index is 0.483. The maximum atomic E-state index is 9.65. The molecule has 0 radical (unpaired) electrons. The van der Waals surface area contributed by atoms with Crippen LogP contribution in [0.1, 0.15) is 16.7 Å². The zero-order valence-corrected chi connectivity index (χ0v) is 12.5. The Morgan fingerprint density at radius 2 is 1.74 bits per heavy atom. The smallest absolute Gasteiger partial charge is 0.118 e. The van der Waals surface area contributed by atoms with E-state index in [1.165, 1.54) is 0 Å². The summed E-state index contributed by atoms with van der Waals surface area (Å²) >= 11 is 0. The normalized spacial score (nSPS) is 16.6. The first-order valence-electron chi connectivity index (χ1n) is 7.07. The van der Waals surface area contributed by atoms with Crippen LogP contribution in [0.2, 0.25) is 0 Å². The summed E-state index contributed by atoms with van der Waals surface area (Å²) in [6, 6.07) is 17.2. The Kier molecular flexibility index (Phi) is 3.94. The van der Waals surface area contributed by atoms with E-state index in [1.807, 2.05) is 48.5 Å². The standard InChI is InChI=1S/C19H14N2O2/c1-23-14-8-6-13(7-9-14)18(12-20)16-10-11-19(21-22)17-5-3-2-4-15(16)17/h2-11,22H,1H3/b18-16-,21-19+. The van der Waals surface area contributed by atoms with Crippen molar-refractivity contribution in [3.05, 3.63) is 77.4 Å². The number of rotatable bonds is 2. The summed E-state index contributed by atoms with van der Waals surface area (Å²) in [5, 5.41) is 22.1. The van der Waals surface area contributed by atoms with Crippen molar-refractivity contribution in [2.24, 2.45) is 5.16 Å². The molecule has 0 saturated heterocycles. The molecular weight excluding hydrogens is 288 g/mol. The van der Waals surface area contributed by atoms with Crippen molar-refractivity contribution in [1.82, 2.24) is 0 Å². The molecule has 1 aliphatic rings. The molecule has 4 heteroatoms. The molecule has 2 aromatic rings. The second-order valence-electron chi connectivity index (χ2n) is 4.99. The molecule has 3 rings (SSSR count). The van der Waals surface area contributed by atoms with Gasteiger partial charge in [0.15, 0.2) is 0 Å². The van der Waals surface area contributed by atoms with Gasteiger partial charge >= 0.3 is 0 Å². The van der Waals surface area contributed by atoms with Crippen LogP contribution in [0.4, 0.5) is 0 Å². The van der Waals surface area contributed by atoms with Gasteiger partial charge in [0.25, 0.3) is 0 Å². The quantitative estimate of drug-likeness (QED) is 0.520. The van der Waals surface area contributed by atoms with Gasteiger partial charge in [-0.05, 0) is 41.5 Å². The average molecular weight is 302 g/mol. The lowest BCUT2D eigenvalue weighted by atomic mass is 9.87. The number of oxime groups is 1. The monoisotopic (exact) mass is 302 g/mol. The number of nitriles is 1. The van der Waals surface area contributed by atoms with Crippen LogP contribution in [0, 0.1) is 11.3 Å². The molecule has 0 heterocycles. The molecule has 1 N–H and O–H groups in total. The molecule has 4 nitrogen and oxygen atoms in total. The van der Waals surface area contributed by atoms with Gasteiger partial charge in [-0.3, -0.25) is 0 Å². The molecule has 1 aliphatic carbocycles. The van der Waals surface area contributed by atoms with Gasteiger partial charge in [-0.1, -0.05) is 35.5 Å². The minimum absolute atomic E-state index is 0.483. The fourth-order valence-corrected chi connectivity index (χ4v) is 2.63. The van der Waals surface area contributed by atoms with Gasteiger partial charge in [0.2, 0.25) is 0 Å². The number of hydrogen-bond donors (Lipinski definition) is 1. The zero-order valence-electron chi connectivity index (χ0n) is 12.5. The largest absolute Gasteiger partial charge is 0.497 e. The topological polar surface area (TPSA) is 65.6 Å². The van der Waals surface area contributed by atoms with E-state index in [1.54, 1.807) is 19.3 Å². The van der Waals surface area contributed by atoms with E-state index in [2.05, 4.69) is 11.2 Å². The number of allylic oxidation sites excluding steroid dienone is 4. The molecule has 0 bridgehead atoms. The van der Waals surface area contributed by atoms with E-state index in [0.29, 0.717) is 11.3 Å². The van der Waals surface area contributed by atoms with Crippen LogP contribution < -0.4 is 4.74 Å². The zero-order chi connectivity index (χ0) is 16.2. The fraction of sp³-hybridized carbons (Fsp3) is 0.0526. The minimum Gasteiger partial charge on any atom is -0.497 e. The second kappa shape index (κ2) is 6.20. The Morgan fingerprint density at radius 3 is 2.35 bits per heavy atom. The van der Waals surface area contributed by atoms with E-state index in [4.69, 9.17) is 9.94 Å². The summed E-state index contributed by atoms with van der Waals surface area (Å²) in [7, 11) is 1.61. The van der Waals surface area contributed by atoms with Gasteiger partial charge in [0.05, 0.1) is 12.7 Å². The summed E-state index contributed by atoms with van der Waals surface area (Å²) in [5.74, 6) is 0.741. The predicted molar refractivity (Wildman–Crippen MR) is 89.3 cm³/mol. The number of hydrogen-bond acceptors (Lipinski definition) is 4. The van der Waals surface area contributed by atoms with Crippen molar-refractivity contribution in [2.75, 3.05) is 7.11 Å². The van der Waals surface area contributed by atoms with Crippen molar-refractivity contribution in [3.63, 3.8) is 0 Å². The Morgan fingerprint density at radius 1 is 1.04 bits per heavy atom. The summed E-state index contributed by atoms with van der Waals surface area (Å²) < 4.78 is 5.16. The van der Waals surface area contributed by atoms with Crippen LogP contribution in [0.15, 0.2) is 65.8 Å². The van der Waals surface area contributed by atoms with Crippen LogP contribution >= 0.6 is 0 Å². The van der Waals surface area contributed by atoms with Gasteiger partial charge in [0.1, 0.15) is 17.5 Å². The second-order valence-corrected chi connectivity index (χ2v) is 4.99. The molecule has 0 atom stereocenters. The van der Waals surface area contributed by atoms with Crippen molar-refractivity contribution < 1.29 is 9.94 Å². The van der Waals surface area contributed by atoms with Gasteiger partial charge in [-0.2, -0.15) is 5.26 Å². The number of ether oxygens (including phenoxy) is 1. The first-order chi connectivity index (χ1) is 11.3. The van der Waals surface area contributed by atoms with E-state index in [-0.39, 0.29) is 0 Å². The highest BCUT2D eigenvalue weighted by Crippen LogP contribution is 2.33. The van der Waals surface area contributed by atoms with Crippen LogP contribution in [0.25, 0.3) is 11.1 Å². The summed E-state index contributed by atoms with van der Waals surface area (Å²) in [5.41, 5.74) is 4.33. The predicted octanol–water partition coefficient (Wildman–Crippen LogP) is 3.88. The first kappa shape index (κ1) is 14.6. The van der Waals surface area contributed by atoms with Crippen LogP contribution in [0.3, 0.4) is 0 Å². The molecule has 23 heavy (non-hydrogen) atoms. The van der Waals surface area contributed by atoms with Gasteiger partial charge in [-0.15, -0.1) is 0 Å². The number of benzene rings is 2. The van der Waals surface area contributed by atoms with E-state index < -0.39 is 0 Å². The number of fused-ring (bicyclic) bond motifs is 1. The maximum Gasteiger partial charge on any atom is 0.118 e. The lowest BCUT2D eigenvalue weighted by Gasteiger charge is -2.16. The molecule has 0 amide bonds. The highest BCUT2D eigenvalue weighted by molar-refractivity contribution is 6.18. The SMILES string of the molecule is COc1ccc(/C(C#N)=C2C=C/C(=N\O)c3ccccc3/2)cc1. The van der Waals surface area contributed by atoms with Crippen LogP contribution in [-0.2, 0) is 0 Å². The average Bonchev–Trinajstić information content (AvgIpc) is 2.63. The number of nitrogens with zero attached hydrogens (tertiary/aromatic N) is 2. The first-order valence-corrected chi connectivity index (χ1v) is 7.07. The molecular formula is C19H14N2O2. The summed E-state index contributed by atoms with van der Waals surface area (Å²) in [4.78, 5) is 0. The van der Waals surface area contributed by atoms with E-state index in [9.17, 15) is 5.26 Å². The Bertz CT molecular complexity index is 869. The van der Waals surface area contributed by atoms with Crippen molar-refractivity contribution in [1.29, 1.82) is 5.26 Å². The molecule has 0 unspecified atom stereocenters. The molecule has 0 fully saturated rings. The third-order valence-corrected chi connectivity index (χ3v) is 3.77. The molecule has 112 valence electrons. The maximum absolute atomic E-state index is 9.65. The van der Waals surface area contributed by atoms with E-state index in [0.717, 1.165) is 28.0 Å². The van der Waals surface area contributed by atoms with Gasteiger partial charge < -0.3 is 9.94 Å². The lowest BCUT2D eigenvalue weighted by molar-refractivity contribution is 0.320. The Hall–Kier alpha value is -3.32. The molecule has 2 aromatic carbocycles. The number of methoxy groups -OCH3 is 1. The van der Waals surface area contributed by atoms with Crippen LogP contribution in [-0.4, -0.2) is 18.0 Å².